The molecular weight excluding hydrogens is 432 g/mol. The number of ether oxygens (including phenoxy) is 1. The van der Waals surface area contributed by atoms with Gasteiger partial charge in [-0.1, -0.05) is 32.0 Å². The zero-order valence-electron chi connectivity index (χ0n) is 18.9. The molecule has 2 heterocycles. The van der Waals surface area contributed by atoms with Crippen molar-refractivity contribution < 1.29 is 14.3 Å². The summed E-state index contributed by atoms with van der Waals surface area (Å²) >= 11 is 1.57. The topological polar surface area (TPSA) is 58.6 Å². The van der Waals surface area contributed by atoms with Gasteiger partial charge in [-0.15, -0.1) is 11.3 Å². The number of hydrogen-bond acceptors (Lipinski definition) is 5. The lowest BCUT2D eigenvalue weighted by molar-refractivity contribution is -0.118. The molecule has 0 saturated heterocycles. The Morgan fingerprint density at radius 2 is 1.82 bits per heavy atom. The van der Waals surface area contributed by atoms with Crippen molar-refractivity contribution in [1.29, 1.82) is 0 Å². The fourth-order valence-corrected chi connectivity index (χ4v) is 5.62. The highest BCUT2D eigenvalue weighted by Crippen LogP contribution is 2.49. The average Bonchev–Trinajstić information content (AvgIpc) is 3.28. The molecule has 1 aromatic heterocycles. The molecule has 5 rings (SSSR count). The van der Waals surface area contributed by atoms with Crippen LogP contribution in [-0.4, -0.2) is 18.8 Å². The molecule has 0 unspecified atom stereocenters. The number of carbonyl (C=O) groups is 2. The Labute approximate surface area is 197 Å². The van der Waals surface area contributed by atoms with E-state index in [9.17, 15) is 9.59 Å². The Bertz CT molecular complexity index is 1240. The fraction of sp³-hybridized carbons (Fsp3) is 0.259. The first-order valence-corrected chi connectivity index (χ1v) is 11.9. The van der Waals surface area contributed by atoms with Crippen LogP contribution in [0.3, 0.4) is 0 Å². The highest BCUT2D eigenvalue weighted by molar-refractivity contribution is 7.10. The maximum Gasteiger partial charge on any atom is 0.259 e. The van der Waals surface area contributed by atoms with E-state index in [-0.39, 0.29) is 17.1 Å². The summed E-state index contributed by atoms with van der Waals surface area (Å²) in [7, 11) is 1.60. The number of allylic oxidation sites excluding steroid dienone is 1. The number of benzene rings is 2. The zero-order chi connectivity index (χ0) is 23.2. The van der Waals surface area contributed by atoms with E-state index >= 15 is 0 Å². The van der Waals surface area contributed by atoms with Crippen molar-refractivity contribution in [2.75, 3.05) is 17.3 Å². The average molecular weight is 459 g/mol. The van der Waals surface area contributed by atoms with Gasteiger partial charge in [0.25, 0.3) is 5.91 Å². The summed E-state index contributed by atoms with van der Waals surface area (Å²) in [6.45, 7) is 4.24. The van der Waals surface area contributed by atoms with Crippen molar-refractivity contribution in [3.8, 4) is 5.75 Å². The van der Waals surface area contributed by atoms with Gasteiger partial charge in [0.1, 0.15) is 11.8 Å². The van der Waals surface area contributed by atoms with Gasteiger partial charge < -0.3 is 10.1 Å². The van der Waals surface area contributed by atoms with E-state index in [2.05, 4.69) is 19.2 Å². The van der Waals surface area contributed by atoms with Crippen LogP contribution in [0, 0.1) is 5.41 Å². The first-order chi connectivity index (χ1) is 15.9. The van der Waals surface area contributed by atoms with Crippen LogP contribution in [-0.2, 0) is 4.79 Å². The third-order valence-electron chi connectivity index (χ3n) is 6.27. The van der Waals surface area contributed by atoms with Crippen molar-refractivity contribution in [2.24, 2.45) is 5.41 Å². The van der Waals surface area contributed by atoms with Crippen LogP contribution in [0.4, 0.5) is 11.4 Å². The third kappa shape index (κ3) is 3.85. The Kier molecular flexibility index (Phi) is 5.33. The van der Waals surface area contributed by atoms with Gasteiger partial charge in [0, 0.05) is 28.1 Å². The van der Waals surface area contributed by atoms with Gasteiger partial charge in [-0.05, 0) is 59.7 Å². The molecule has 1 aliphatic carbocycles. The molecule has 0 spiro atoms. The summed E-state index contributed by atoms with van der Waals surface area (Å²) < 4.78 is 5.27. The maximum absolute atomic E-state index is 14.1. The number of Topliss-reactive ketones (excluding diaryl/α,β-unsaturated/α-hetero) is 1. The molecule has 168 valence electrons. The minimum absolute atomic E-state index is 0.0903. The quantitative estimate of drug-likeness (QED) is 0.507. The van der Waals surface area contributed by atoms with Gasteiger partial charge in [-0.25, -0.2) is 0 Å². The second-order valence-corrected chi connectivity index (χ2v) is 10.3. The summed E-state index contributed by atoms with van der Waals surface area (Å²) in [6.07, 6.45) is 1.20. The number of amides is 1. The molecule has 0 bridgehead atoms. The number of para-hydroxylation sites is 2. The highest BCUT2D eigenvalue weighted by Gasteiger charge is 2.43. The molecule has 1 aliphatic heterocycles. The van der Waals surface area contributed by atoms with Crippen molar-refractivity contribution >= 4 is 34.4 Å². The molecule has 3 aromatic rings. The van der Waals surface area contributed by atoms with E-state index in [4.69, 9.17) is 4.74 Å². The van der Waals surface area contributed by atoms with Gasteiger partial charge >= 0.3 is 0 Å². The standard InChI is InChI=1S/C27H26N2O3S/c1-27(2)15-20-24(22(30)16-27)25(23-9-6-14-33-23)29(21-8-5-4-7-19(21)28-20)26(31)17-10-12-18(32-3)13-11-17/h4-14,25,28H,15-16H2,1-3H3/t25-/m1/s1. The molecule has 6 heteroatoms. The molecule has 0 saturated carbocycles. The molecule has 2 aromatic carbocycles. The second kappa shape index (κ2) is 8.19. The van der Waals surface area contributed by atoms with Crippen LogP contribution in [0.1, 0.15) is 48.0 Å². The Morgan fingerprint density at radius 3 is 2.52 bits per heavy atom. The summed E-state index contributed by atoms with van der Waals surface area (Å²) in [6, 6.07) is 18.4. The normalized spacial score (nSPS) is 19.3. The van der Waals surface area contributed by atoms with Crippen molar-refractivity contribution in [3.05, 3.63) is 87.8 Å². The van der Waals surface area contributed by atoms with E-state index in [1.165, 1.54) is 0 Å². The zero-order valence-corrected chi connectivity index (χ0v) is 19.7. The number of methoxy groups -OCH3 is 1. The minimum atomic E-state index is -0.491. The van der Waals surface area contributed by atoms with Crippen LogP contribution < -0.4 is 15.0 Å². The van der Waals surface area contributed by atoms with E-state index < -0.39 is 6.04 Å². The number of thiophene rings is 1. The van der Waals surface area contributed by atoms with Crippen LogP contribution in [0.25, 0.3) is 0 Å². The smallest absolute Gasteiger partial charge is 0.259 e. The fourth-order valence-electron chi connectivity index (χ4n) is 4.80. The van der Waals surface area contributed by atoms with Crippen LogP contribution in [0.15, 0.2) is 77.3 Å². The second-order valence-electron chi connectivity index (χ2n) is 9.30. The summed E-state index contributed by atoms with van der Waals surface area (Å²) in [4.78, 5) is 30.4. The van der Waals surface area contributed by atoms with Crippen LogP contribution in [0.5, 0.6) is 5.75 Å². The largest absolute Gasteiger partial charge is 0.497 e. The summed E-state index contributed by atoms with van der Waals surface area (Å²) in [5.74, 6) is 0.623. The predicted molar refractivity (Wildman–Crippen MR) is 132 cm³/mol. The molecule has 1 atom stereocenters. The number of fused-ring (bicyclic) bond motifs is 1. The first-order valence-electron chi connectivity index (χ1n) is 11.0. The predicted octanol–water partition coefficient (Wildman–Crippen LogP) is 6.21. The maximum atomic E-state index is 14.1. The van der Waals surface area contributed by atoms with E-state index in [0.29, 0.717) is 23.3 Å². The van der Waals surface area contributed by atoms with E-state index in [0.717, 1.165) is 28.4 Å². The lowest BCUT2D eigenvalue weighted by atomic mass is 9.74. The van der Waals surface area contributed by atoms with Crippen molar-refractivity contribution in [2.45, 2.75) is 32.7 Å². The number of rotatable bonds is 3. The number of anilines is 2. The summed E-state index contributed by atoms with van der Waals surface area (Å²) in [5.41, 5.74) is 3.59. The van der Waals surface area contributed by atoms with Gasteiger partial charge in [0.05, 0.1) is 18.5 Å². The lowest BCUT2D eigenvalue weighted by Gasteiger charge is -2.36. The Balaban J connectivity index is 1.74. The van der Waals surface area contributed by atoms with Crippen LogP contribution in [0.2, 0.25) is 0 Å². The van der Waals surface area contributed by atoms with Crippen molar-refractivity contribution in [3.63, 3.8) is 0 Å². The Morgan fingerprint density at radius 1 is 1.06 bits per heavy atom. The van der Waals surface area contributed by atoms with Gasteiger partial charge in [-0.3, -0.25) is 14.5 Å². The third-order valence-corrected chi connectivity index (χ3v) is 7.19. The monoisotopic (exact) mass is 458 g/mol. The van der Waals surface area contributed by atoms with Crippen LogP contribution >= 0.6 is 11.3 Å². The number of hydrogen-bond donors (Lipinski definition) is 1. The molecule has 33 heavy (non-hydrogen) atoms. The number of carbonyl (C=O) groups excluding carboxylic acids is 2. The minimum Gasteiger partial charge on any atom is -0.497 e. The lowest BCUT2D eigenvalue weighted by Crippen LogP contribution is -2.39. The Hall–Kier alpha value is -3.38. The first kappa shape index (κ1) is 21.5. The molecule has 1 N–H and O–H groups in total. The SMILES string of the molecule is COc1ccc(C(=O)N2c3ccccc3NC3=C(C(=O)CC(C)(C)C3)[C@H]2c2cccs2)cc1. The van der Waals surface area contributed by atoms with E-state index in [1.807, 2.05) is 41.8 Å². The molecule has 0 fully saturated rings. The number of ketones is 1. The summed E-state index contributed by atoms with van der Waals surface area (Å²) in [5, 5.41) is 5.54. The van der Waals surface area contributed by atoms with Gasteiger partial charge in [-0.2, -0.15) is 0 Å². The molecule has 5 nitrogen and oxygen atoms in total. The molecular formula is C27H26N2O3S. The molecule has 0 radical (unpaired) electrons. The van der Waals surface area contributed by atoms with E-state index in [1.54, 1.807) is 47.6 Å². The molecule has 2 aliphatic rings. The molecule has 1 amide bonds. The van der Waals surface area contributed by atoms with Gasteiger partial charge in [0.15, 0.2) is 5.78 Å². The number of nitrogens with zero attached hydrogens (tertiary/aromatic N) is 1. The highest BCUT2D eigenvalue weighted by atomic mass is 32.1. The number of nitrogens with one attached hydrogen (secondary N) is 1. The van der Waals surface area contributed by atoms with Gasteiger partial charge in [0.2, 0.25) is 0 Å². The van der Waals surface area contributed by atoms with Crippen molar-refractivity contribution in [1.82, 2.24) is 0 Å².